The molecule has 2 fully saturated rings. The molecule has 1 heterocycles. The lowest BCUT2D eigenvalue weighted by Crippen LogP contribution is -2.49. The molecule has 2 heteroatoms. The lowest BCUT2D eigenvalue weighted by molar-refractivity contribution is 0.367. The van der Waals surface area contributed by atoms with Crippen molar-refractivity contribution in [2.45, 2.75) is 49.7 Å². The lowest BCUT2D eigenvalue weighted by Gasteiger charge is -2.41. The van der Waals surface area contributed by atoms with Crippen molar-refractivity contribution in [3.05, 3.63) is 0 Å². The molecule has 1 saturated heterocycles. The van der Waals surface area contributed by atoms with Crippen molar-refractivity contribution in [3.8, 4) is 0 Å². The summed E-state index contributed by atoms with van der Waals surface area (Å²) in [6.07, 6.45) is 5.59. The fourth-order valence-electron chi connectivity index (χ4n) is 2.53. The fraction of sp³-hybridized carbons (Fsp3) is 1.00. The van der Waals surface area contributed by atoms with E-state index in [9.17, 15) is 0 Å². The van der Waals surface area contributed by atoms with Crippen LogP contribution in [0.4, 0.5) is 0 Å². The quantitative estimate of drug-likeness (QED) is 0.622. The molecule has 2 rings (SSSR count). The highest BCUT2D eigenvalue weighted by molar-refractivity contribution is 8.01. The van der Waals surface area contributed by atoms with Crippen molar-refractivity contribution in [2.24, 2.45) is 5.92 Å². The molecule has 1 spiro atoms. The van der Waals surface area contributed by atoms with Crippen molar-refractivity contribution >= 4 is 11.8 Å². The summed E-state index contributed by atoms with van der Waals surface area (Å²) in [6.45, 7) is 6.02. The van der Waals surface area contributed by atoms with Crippen molar-refractivity contribution in [1.82, 2.24) is 5.32 Å². The largest absolute Gasteiger partial charge is 0.303 e. The van der Waals surface area contributed by atoms with E-state index in [4.69, 9.17) is 0 Å². The Morgan fingerprint density at radius 2 is 2.17 bits per heavy atom. The van der Waals surface area contributed by atoms with Gasteiger partial charge in [-0.2, -0.15) is 0 Å². The second kappa shape index (κ2) is 3.22. The normalized spacial score (nSPS) is 48.5. The fourth-order valence-corrected chi connectivity index (χ4v) is 4.29. The van der Waals surface area contributed by atoms with Gasteiger partial charge < -0.3 is 5.32 Å². The lowest BCUT2D eigenvalue weighted by atomic mass is 10.1. The highest BCUT2D eigenvalue weighted by Gasteiger charge is 2.43. The van der Waals surface area contributed by atoms with Crippen molar-refractivity contribution in [3.63, 3.8) is 0 Å². The monoisotopic (exact) mass is 185 g/mol. The van der Waals surface area contributed by atoms with Crippen LogP contribution in [-0.2, 0) is 0 Å². The van der Waals surface area contributed by atoms with Gasteiger partial charge in [0.2, 0.25) is 0 Å². The Labute approximate surface area is 79.7 Å². The zero-order chi connectivity index (χ0) is 8.60. The molecule has 1 aliphatic carbocycles. The van der Waals surface area contributed by atoms with Gasteiger partial charge in [-0.3, -0.25) is 0 Å². The Morgan fingerprint density at radius 3 is 2.75 bits per heavy atom. The van der Waals surface area contributed by atoms with Gasteiger partial charge in [0.1, 0.15) is 0 Å². The SMILES string of the molecule is CC1CCNC2(CCCC2C)S1. The summed E-state index contributed by atoms with van der Waals surface area (Å²) >= 11 is 2.19. The smallest absolute Gasteiger partial charge is 0.0673 e. The molecule has 0 radical (unpaired) electrons. The molecule has 0 amide bonds. The third-order valence-electron chi connectivity index (χ3n) is 3.37. The topological polar surface area (TPSA) is 12.0 Å². The third-order valence-corrected chi connectivity index (χ3v) is 5.18. The molecule has 0 bridgehead atoms. The average Bonchev–Trinajstić information content (AvgIpc) is 2.33. The Balaban J connectivity index is 2.08. The molecule has 1 aliphatic heterocycles. The van der Waals surface area contributed by atoms with Crippen molar-refractivity contribution in [2.75, 3.05) is 6.54 Å². The maximum absolute atomic E-state index is 3.74. The number of rotatable bonds is 0. The molecular formula is C10H19NS. The molecule has 0 aromatic rings. The van der Waals surface area contributed by atoms with Crippen LogP contribution in [0.3, 0.4) is 0 Å². The number of hydrogen-bond donors (Lipinski definition) is 1. The second-order valence-corrected chi connectivity index (χ2v) is 6.10. The van der Waals surface area contributed by atoms with E-state index in [2.05, 4.69) is 30.9 Å². The summed E-state index contributed by atoms with van der Waals surface area (Å²) in [6, 6.07) is 0. The maximum atomic E-state index is 3.74. The number of thioether (sulfide) groups is 1. The molecule has 3 unspecified atom stereocenters. The van der Waals surface area contributed by atoms with Gasteiger partial charge in [-0.1, -0.05) is 20.3 Å². The molecule has 1 saturated carbocycles. The third kappa shape index (κ3) is 1.39. The summed E-state index contributed by atoms with van der Waals surface area (Å²) in [5.74, 6) is 0.880. The maximum Gasteiger partial charge on any atom is 0.0673 e. The van der Waals surface area contributed by atoms with Crippen LogP contribution >= 0.6 is 11.8 Å². The molecule has 2 aliphatic rings. The van der Waals surface area contributed by atoms with Crippen LogP contribution in [0.1, 0.15) is 39.5 Å². The van der Waals surface area contributed by atoms with E-state index in [1.807, 2.05) is 0 Å². The van der Waals surface area contributed by atoms with E-state index < -0.39 is 0 Å². The summed E-state index contributed by atoms with van der Waals surface area (Å²) in [5, 5.41) is 4.61. The first-order valence-electron chi connectivity index (χ1n) is 5.16. The van der Waals surface area contributed by atoms with Crippen molar-refractivity contribution < 1.29 is 0 Å². The number of hydrogen-bond acceptors (Lipinski definition) is 2. The van der Waals surface area contributed by atoms with E-state index >= 15 is 0 Å². The van der Waals surface area contributed by atoms with Gasteiger partial charge in [-0.15, -0.1) is 11.8 Å². The minimum atomic E-state index is 0.470. The standard InChI is InChI=1S/C10H19NS/c1-8-4-3-6-10(8)11-7-5-9(2)12-10/h8-9,11H,3-7H2,1-2H3. The first kappa shape index (κ1) is 8.89. The van der Waals surface area contributed by atoms with Crippen LogP contribution in [0.25, 0.3) is 0 Å². The Kier molecular flexibility index (Phi) is 2.39. The van der Waals surface area contributed by atoms with E-state index in [0.717, 1.165) is 11.2 Å². The van der Waals surface area contributed by atoms with Crippen LogP contribution in [0.15, 0.2) is 0 Å². The summed E-state index contributed by atoms with van der Waals surface area (Å²) in [7, 11) is 0. The molecule has 1 N–H and O–H groups in total. The molecule has 70 valence electrons. The minimum Gasteiger partial charge on any atom is -0.303 e. The molecule has 0 aromatic carbocycles. The summed E-state index contributed by atoms with van der Waals surface area (Å²) in [4.78, 5) is 0.470. The van der Waals surface area contributed by atoms with E-state index in [-0.39, 0.29) is 0 Å². The Morgan fingerprint density at radius 1 is 1.33 bits per heavy atom. The molecule has 1 nitrogen and oxygen atoms in total. The van der Waals surface area contributed by atoms with E-state index in [0.29, 0.717) is 4.87 Å². The van der Waals surface area contributed by atoms with Gasteiger partial charge in [0.25, 0.3) is 0 Å². The Bertz CT molecular complexity index is 171. The van der Waals surface area contributed by atoms with Gasteiger partial charge in [0.15, 0.2) is 0 Å². The molecule has 12 heavy (non-hydrogen) atoms. The minimum absolute atomic E-state index is 0.470. The van der Waals surface area contributed by atoms with E-state index in [1.54, 1.807) is 0 Å². The first-order chi connectivity index (χ1) is 5.73. The second-order valence-electron chi connectivity index (χ2n) is 4.33. The molecule has 3 atom stereocenters. The average molecular weight is 185 g/mol. The number of nitrogens with one attached hydrogen (secondary N) is 1. The van der Waals surface area contributed by atoms with Crippen LogP contribution in [0.5, 0.6) is 0 Å². The highest BCUT2D eigenvalue weighted by Crippen LogP contribution is 2.47. The van der Waals surface area contributed by atoms with Crippen molar-refractivity contribution in [1.29, 1.82) is 0 Å². The zero-order valence-electron chi connectivity index (χ0n) is 8.10. The molecule has 0 aromatic heterocycles. The van der Waals surface area contributed by atoms with Crippen LogP contribution in [0, 0.1) is 5.92 Å². The zero-order valence-corrected chi connectivity index (χ0v) is 8.91. The van der Waals surface area contributed by atoms with Gasteiger partial charge in [0.05, 0.1) is 4.87 Å². The predicted molar refractivity (Wildman–Crippen MR) is 55.4 cm³/mol. The summed E-state index contributed by atoms with van der Waals surface area (Å²) in [5.41, 5.74) is 0. The predicted octanol–water partition coefficient (Wildman–Crippen LogP) is 2.62. The first-order valence-corrected chi connectivity index (χ1v) is 6.04. The summed E-state index contributed by atoms with van der Waals surface area (Å²) < 4.78 is 0. The highest BCUT2D eigenvalue weighted by atomic mass is 32.2. The van der Waals surface area contributed by atoms with E-state index in [1.165, 1.54) is 32.2 Å². The van der Waals surface area contributed by atoms with Gasteiger partial charge in [-0.05, 0) is 31.7 Å². The van der Waals surface area contributed by atoms with Crippen LogP contribution in [-0.4, -0.2) is 16.7 Å². The van der Waals surface area contributed by atoms with Gasteiger partial charge in [0, 0.05) is 5.25 Å². The van der Waals surface area contributed by atoms with Gasteiger partial charge >= 0.3 is 0 Å². The molecular weight excluding hydrogens is 166 g/mol. The van der Waals surface area contributed by atoms with Crippen LogP contribution in [0.2, 0.25) is 0 Å². The Hall–Kier alpha value is 0.310. The van der Waals surface area contributed by atoms with Gasteiger partial charge in [-0.25, -0.2) is 0 Å². The van der Waals surface area contributed by atoms with Crippen LogP contribution < -0.4 is 5.32 Å².